The molecule has 0 aliphatic carbocycles. The highest BCUT2D eigenvalue weighted by molar-refractivity contribution is 14.0. The number of rotatable bonds is 9. The second-order valence-corrected chi connectivity index (χ2v) is 5.71. The van der Waals surface area contributed by atoms with Crippen LogP contribution in [0.4, 0.5) is 8.78 Å². The average molecular weight is 505 g/mol. The fraction of sp³-hybridized carbons (Fsp3) is 0.350. The van der Waals surface area contributed by atoms with Crippen LogP contribution in [-0.4, -0.2) is 32.8 Å². The van der Waals surface area contributed by atoms with Gasteiger partial charge in [-0.05, 0) is 42.7 Å². The molecule has 0 fully saturated rings. The first-order valence-corrected chi connectivity index (χ1v) is 8.80. The summed E-state index contributed by atoms with van der Waals surface area (Å²) in [4.78, 5) is 4.50. The van der Waals surface area contributed by atoms with Crippen LogP contribution >= 0.6 is 24.0 Å². The molecule has 5 nitrogen and oxygen atoms in total. The van der Waals surface area contributed by atoms with Gasteiger partial charge in [-0.2, -0.15) is 8.78 Å². The fourth-order valence-electron chi connectivity index (χ4n) is 2.56. The number of halogens is 3. The topological polar surface area (TPSA) is 54.9 Å². The van der Waals surface area contributed by atoms with Crippen LogP contribution in [0.2, 0.25) is 0 Å². The summed E-state index contributed by atoms with van der Waals surface area (Å²) in [5.74, 6) is 1.65. The van der Waals surface area contributed by atoms with Gasteiger partial charge in [0.2, 0.25) is 0 Å². The molecule has 0 saturated carbocycles. The fourth-order valence-corrected chi connectivity index (χ4v) is 2.56. The minimum absolute atomic E-state index is 0. The molecule has 2 aromatic rings. The van der Waals surface area contributed by atoms with Crippen LogP contribution in [0.25, 0.3) is 0 Å². The predicted octanol–water partition coefficient (Wildman–Crippen LogP) is 4.21. The standard InChI is InChI=1S/C20H25F2N3O2.HI/c1-3-23-20(24-12-11-16-8-4-5-10-18(16)26-2)25-14-15-7-6-9-17(13-15)27-19(21)22;/h4-10,13,19H,3,11-12,14H2,1-2H3,(H2,23,24,25);1H. The Morgan fingerprint density at radius 1 is 1.11 bits per heavy atom. The third-order valence-corrected chi connectivity index (χ3v) is 3.77. The van der Waals surface area contributed by atoms with Gasteiger partial charge in [-0.25, -0.2) is 4.99 Å². The first kappa shape index (κ1) is 23.9. The van der Waals surface area contributed by atoms with Crippen LogP contribution in [0, 0.1) is 0 Å². The maximum absolute atomic E-state index is 12.3. The van der Waals surface area contributed by atoms with E-state index < -0.39 is 6.61 Å². The van der Waals surface area contributed by atoms with Crippen molar-refractivity contribution in [3.05, 3.63) is 59.7 Å². The van der Waals surface area contributed by atoms with E-state index in [-0.39, 0.29) is 29.7 Å². The lowest BCUT2D eigenvalue weighted by Crippen LogP contribution is -2.38. The van der Waals surface area contributed by atoms with Gasteiger partial charge in [0, 0.05) is 13.1 Å². The molecule has 0 unspecified atom stereocenters. The van der Waals surface area contributed by atoms with Crippen molar-refractivity contribution in [2.75, 3.05) is 20.2 Å². The molecule has 0 atom stereocenters. The number of hydrogen-bond donors (Lipinski definition) is 2. The first-order valence-electron chi connectivity index (χ1n) is 8.80. The van der Waals surface area contributed by atoms with Gasteiger partial charge in [0.25, 0.3) is 0 Å². The summed E-state index contributed by atoms with van der Waals surface area (Å²) in [6.45, 7) is 0.895. The predicted molar refractivity (Wildman–Crippen MR) is 118 cm³/mol. The van der Waals surface area contributed by atoms with Gasteiger partial charge in [-0.1, -0.05) is 30.3 Å². The zero-order valence-corrected chi connectivity index (χ0v) is 18.3. The Morgan fingerprint density at radius 2 is 1.89 bits per heavy atom. The zero-order chi connectivity index (χ0) is 19.5. The number of methoxy groups -OCH3 is 1. The number of alkyl halides is 2. The third-order valence-electron chi connectivity index (χ3n) is 3.77. The SMILES string of the molecule is CCNC(=NCc1cccc(OC(F)F)c1)NCCc1ccccc1OC.I. The van der Waals surface area contributed by atoms with Crippen molar-refractivity contribution in [2.24, 2.45) is 4.99 Å². The van der Waals surface area contributed by atoms with Gasteiger partial charge in [0.15, 0.2) is 5.96 Å². The summed E-state index contributed by atoms with van der Waals surface area (Å²) in [6.07, 6.45) is 0.784. The number of nitrogens with zero attached hydrogens (tertiary/aromatic N) is 1. The van der Waals surface area contributed by atoms with Crippen molar-refractivity contribution in [1.82, 2.24) is 10.6 Å². The number of para-hydroxylation sites is 1. The zero-order valence-electron chi connectivity index (χ0n) is 16.0. The molecule has 28 heavy (non-hydrogen) atoms. The Balaban J connectivity index is 0.00000392. The summed E-state index contributed by atoms with van der Waals surface area (Å²) in [5, 5.41) is 6.44. The Hall–Kier alpha value is -2.10. The van der Waals surface area contributed by atoms with Crippen molar-refractivity contribution in [3.8, 4) is 11.5 Å². The number of guanidine groups is 1. The molecular formula is C20H26F2IN3O2. The van der Waals surface area contributed by atoms with Crippen molar-refractivity contribution in [1.29, 1.82) is 0 Å². The van der Waals surface area contributed by atoms with Crippen LogP contribution in [0.3, 0.4) is 0 Å². The average Bonchev–Trinajstić information content (AvgIpc) is 2.66. The highest BCUT2D eigenvalue weighted by Gasteiger charge is 2.05. The van der Waals surface area contributed by atoms with E-state index >= 15 is 0 Å². The summed E-state index contributed by atoms with van der Waals surface area (Å²) >= 11 is 0. The number of aliphatic imine (C=N–C) groups is 1. The third kappa shape index (κ3) is 8.28. The molecule has 0 aliphatic rings. The van der Waals surface area contributed by atoms with Gasteiger partial charge in [-0.15, -0.1) is 24.0 Å². The van der Waals surface area contributed by atoms with Crippen molar-refractivity contribution in [3.63, 3.8) is 0 Å². The molecule has 0 spiro atoms. The molecule has 0 heterocycles. The van der Waals surface area contributed by atoms with E-state index in [9.17, 15) is 8.78 Å². The van der Waals surface area contributed by atoms with Gasteiger partial charge in [0.1, 0.15) is 11.5 Å². The maximum atomic E-state index is 12.3. The summed E-state index contributed by atoms with van der Waals surface area (Å²) in [6, 6.07) is 14.4. The Labute approximate surface area is 181 Å². The smallest absolute Gasteiger partial charge is 0.387 e. The monoisotopic (exact) mass is 505 g/mol. The molecule has 0 aliphatic heterocycles. The normalized spacial score (nSPS) is 11.0. The molecular weight excluding hydrogens is 479 g/mol. The molecule has 8 heteroatoms. The van der Waals surface area contributed by atoms with Crippen molar-refractivity contribution >= 4 is 29.9 Å². The first-order chi connectivity index (χ1) is 13.1. The molecule has 2 N–H and O–H groups in total. The molecule has 2 aromatic carbocycles. The lowest BCUT2D eigenvalue weighted by molar-refractivity contribution is -0.0498. The minimum Gasteiger partial charge on any atom is -0.496 e. The second-order valence-electron chi connectivity index (χ2n) is 5.71. The summed E-state index contributed by atoms with van der Waals surface area (Å²) in [5.41, 5.74) is 1.90. The number of hydrogen-bond acceptors (Lipinski definition) is 3. The molecule has 0 bridgehead atoms. The summed E-state index contributed by atoms with van der Waals surface area (Å²) < 4.78 is 34.4. The number of benzene rings is 2. The van der Waals surface area contributed by atoms with E-state index in [1.807, 2.05) is 37.3 Å². The van der Waals surface area contributed by atoms with Crippen molar-refractivity contribution in [2.45, 2.75) is 26.5 Å². The molecule has 0 radical (unpaired) electrons. The van der Waals surface area contributed by atoms with Crippen LogP contribution < -0.4 is 20.1 Å². The number of nitrogens with one attached hydrogen (secondary N) is 2. The van der Waals surface area contributed by atoms with E-state index in [2.05, 4.69) is 20.4 Å². The van der Waals surface area contributed by atoms with Gasteiger partial charge < -0.3 is 20.1 Å². The van der Waals surface area contributed by atoms with E-state index in [1.165, 1.54) is 6.07 Å². The second kappa shape index (κ2) is 13.1. The number of ether oxygens (including phenoxy) is 2. The van der Waals surface area contributed by atoms with Gasteiger partial charge >= 0.3 is 6.61 Å². The maximum Gasteiger partial charge on any atom is 0.387 e. The molecule has 0 aromatic heterocycles. The molecule has 2 rings (SSSR count). The van der Waals surface area contributed by atoms with Crippen LogP contribution in [-0.2, 0) is 13.0 Å². The van der Waals surface area contributed by atoms with E-state index in [0.29, 0.717) is 19.0 Å². The minimum atomic E-state index is -2.84. The Morgan fingerprint density at radius 3 is 2.61 bits per heavy atom. The highest BCUT2D eigenvalue weighted by Crippen LogP contribution is 2.18. The van der Waals surface area contributed by atoms with Gasteiger partial charge in [0.05, 0.1) is 13.7 Å². The van der Waals surface area contributed by atoms with E-state index in [1.54, 1.807) is 19.2 Å². The molecule has 0 saturated heterocycles. The van der Waals surface area contributed by atoms with Gasteiger partial charge in [-0.3, -0.25) is 0 Å². The Kier molecular flexibility index (Phi) is 11.2. The van der Waals surface area contributed by atoms with Crippen LogP contribution in [0.15, 0.2) is 53.5 Å². The largest absolute Gasteiger partial charge is 0.496 e. The van der Waals surface area contributed by atoms with Crippen molar-refractivity contribution < 1.29 is 18.3 Å². The Bertz CT molecular complexity index is 745. The molecule has 154 valence electrons. The highest BCUT2D eigenvalue weighted by atomic mass is 127. The summed E-state index contributed by atoms with van der Waals surface area (Å²) in [7, 11) is 1.66. The lowest BCUT2D eigenvalue weighted by atomic mass is 10.1. The van der Waals surface area contributed by atoms with E-state index in [0.717, 1.165) is 29.8 Å². The lowest BCUT2D eigenvalue weighted by Gasteiger charge is -2.13. The molecule has 0 amide bonds. The van der Waals surface area contributed by atoms with Crippen LogP contribution in [0.1, 0.15) is 18.1 Å². The quantitative estimate of drug-likeness (QED) is 0.305. The van der Waals surface area contributed by atoms with Crippen LogP contribution in [0.5, 0.6) is 11.5 Å². The van der Waals surface area contributed by atoms with E-state index in [4.69, 9.17) is 4.74 Å².